The largest absolute Gasteiger partial charge is 0.418 e. The molecular formula is C37H47F4N5O5. The maximum Gasteiger partial charge on any atom is 0.418 e. The summed E-state index contributed by atoms with van der Waals surface area (Å²) in [6.07, 6.45) is -3.84. The number of para-hydroxylation sites is 1. The molecule has 51 heavy (non-hydrogen) atoms. The second-order valence-corrected chi connectivity index (χ2v) is 13.5. The van der Waals surface area contributed by atoms with Crippen molar-refractivity contribution in [1.82, 2.24) is 26.3 Å². The van der Waals surface area contributed by atoms with Crippen molar-refractivity contribution in [3.05, 3.63) is 70.7 Å². The van der Waals surface area contributed by atoms with Gasteiger partial charge in [0.1, 0.15) is 23.4 Å². The summed E-state index contributed by atoms with van der Waals surface area (Å²) in [4.78, 5) is 58.1. The normalized spacial score (nSPS) is 18.2. The van der Waals surface area contributed by atoms with E-state index in [0.717, 1.165) is 6.07 Å². The van der Waals surface area contributed by atoms with E-state index < -0.39 is 64.7 Å². The Morgan fingerprint density at radius 2 is 1.61 bits per heavy atom. The average molecular weight is 718 g/mol. The maximum atomic E-state index is 14.5. The SMILES string of the molecule is CCC(C)[C@H](NC(=O)Cc1ccccc1F)C(=O)N[C@]1(C(=O)NC(C(=O)NCCCO)[C@@H](C)CC)CCc2[nH]c3c(C(F)(F)F)cccc3c2C1. The fourth-order valence-corrected chi connectivity index (χ4v) is 6.50. The fourth-order valence-electron chi connectivity index (χ4n) is 6.50. The van der Waals surface area contributed by atoms with E-state index in [1.165, 1.54) is 30.3 Å². The Balaban J connectivity index is 1.73. The number of H-pyrrole nitrogens is 1. The van der Waals surface area contributed by atoms with E-state index in [2.05, 4.69) is 26.3 Å². The minimum Gasteiger partial charge on any atom is -0.396 e. The van der Waals surface area contributed by atoms with Crippen molar-refractivity contribution in [2.24, 2.45) is 11.8 Å². The lowest BCUT2D eigenvalue weighted by Gasteiger charge is -2.39. The van der Waals surface area contributed by atoms with E-state index >= 15 is 0 Å². The smallest absolute Gasteiger partial charge is 0.396 e. The molecule has 0 saturated carbocycles. The van der Waals surface area contributed by atoms with Crippen molar-refractivity contribution in [2.75, 3.05) is 13.2 Å². The number of aliphatic hydroxyl groups excluding tert-OH is 1. The van der Waals surface area contributed by atoms with E-state index in [0.29, 0.717) is 30.5 Å². The number of amides is 4. The number of benzene rings is 2. The summed E-state index contributed by atoms with van der Waals surface area (Å²) in [6.45, 7) is 7.22. The molecule has 0 radical (unpaired) electrons. The van der Waals surface area contributed by atoms with E-state index in [1.807, 2.05) is 13.8 Å². The predicted molar refractivity (Wildman–Crippen MR) is 184 cm³/mol. The average Bonchev–Trinajstić information content (AvgIpc) is 3.47. The van der Waals surface area contributed by atoms with Crippen molar-refractivity contribution < 1.29 is 41.8 Å². The summed E-state index contributed by atoms with van der Waals surface area (Å²) >= 11 is 0. The lowest BCUT2D eigenvalue weighted by Crippen LogP contribution is -2.67. The zero-order valence-corrected chi connectivity index (χ0v) is 29.3. The monoisotopic (exact) mass is 717 g/mol. The number of aryl methyl sites for hydroxylation is 1. The standard InChI is InChI=1S/C37H47F4N5O5/c1-5-21(3)30(33(49)42-17-10-18-47)45-35(51)36(16-15-28-25(20-36)24-12-9-13-26(32(24)43-28)37(39,40)41)46-34(50)31(22(4)6-2)44-29(48)19-23-11-7-8-14-27(23)38/h7-9,11-14,21-22,30-31,43,47H,5-6,10,15-20H2,1-4H3,(H,42,49)(H,44,48)(H,45,51)(H,46,50)/t21-,22?,30?,31-,36+/m0/s1. The third-order valence-electron chi connectivity index (χ3n) is 9.95. The summed E-state index contributed by atoms with van der Waals surface area (Å²) in [7, 11) is 0. The Morgan fingerprint density at radius 3 is 2.24 bits per heavy atom. The van der Waals surface area contributed by atoms with Crippen LogP contribution in [0.3, 0.4) is 0 Å². The van der Waals surface area contributed by atoms with Crippen LogP contribution >= 0.6 is 0 Å². The number of aliphatic hydroxyl groups is 1. The maximum absolute atomic E-state index is 14.5. The Labute approximate surface area is 294 Å². The molecule has 278 valence electrons. The Hall–Kier alpha value is -4.46. The van der Waals surface area contributed by atoms with Crippen LogP contribution in [0.5, 0.6) is 0 Å². The van der Waals surface area contributed by atoms with Crippen LogP contribution in [0.4, 0.5) is 17.6 Å². The van der Waals surface area contributed by atoms with Gasteiger partial charge in [0, 0.05) is 30.7 Å². The molecule has 0 aliphatic heterocycles. The highest BCUT2D eigenvalue weighted by atomic mass is 19.4. The Morgan fingerprint density at radius 1 is 0.941 bits per heavy atom. The number of carbonyl (C=O) groups excluding carboxylic acids is 4. The molecule has 0 fully saturated rings. The number of alkyl halides is 3. The van der Waals surface area contributed by atoms with Gasteiger partial charge in [0.2, 0.25) is 23.6 Å². The van der Waals surface area contributed by atoms with Crippen molar-refractivity contribution in [2.45, 2.75) is 96.4 Å². The molecule has 14 heteroatoms. The first-order valence-corrected chi connectivity index (χ1v) is 17.4. The Bertz CT molecular complexity index is 1730. The number of rotatable bonds is 15. The number of aromatic nitrogens is 1. The highest BCUT2D eigenvalue weighted by Crippen LogP contribution is 2.40. The number of fused-ring (bicyclic) bond motifs is 3. The lowest BCUT2D eigenvalue weighted by atomic mass is 9.78. The molecule has 4 rings (SSSR count). The van der Waals surface area contributed by atoms with Crippen LogP contribution in [0.15, 0.2) is 42.5 Å². The van der Waals surface area contributed by atoms with Gasteiger partial charge in [0.05, 0.1) is 17.5 Å². The van der Waals surface area contributed by atoms with Crippen LogP contribution in [-0.4, -0.2) is 64.5 Å². The first-order chi connectivity index (χ1) is 24.1. The number of hydrogen-bond acceptors (Lipinski definition) is 5. The molecular weight excluding hydrogens is 670 g/mol. The third kappa shape index (κ3) is 9.07. The topological polar surface area (TPSA) is 152 Å². The first kappa shape index (κ1) is 39.3. The number of hydrogen-bond donors (Lipinski definition) is 6. The van der Waals surface area contributed by atoms with Crippen LogP contribution in [0.2, 0.25) is 0 Å². The van der Waals surface area contributed by atoms with Gasteiger partial charge in [0.15, 0.2) is 0 Å². The van der Waals surface area contributed by atoms with Crippen molar-refractivity contribution >= 4 is 34.5 Å². The van der Waals surface area contributed by atoms with Crippen LogP contribution < -0.4 is 21.3 Å². The van der Waals surface area contributed by atoms with Gasteiger partial charge in [-0.2, -0.15) is 13.2 Å². The molecule has 10 nitrogen and oxygen atoms in total. The number of halogens is 4. The summed E-state index contributed by atoms with van der Waals surface area (Å²) in [5.74, 6) is -3.85. The second-order valence-electron chi connectivity index (χ2n) is 13.5. The van der Waals surface area contributed by atoms with E-state index in [4.69, 9.17) is 0 Å². The molecule has 3 aromatic rings. The molecule has 2 aromatic carbocycles. The van der Waals surface area contributed by atoms with Gasteiger partial charge in [-0.3, -0.25) is 19.2 Å². The molecule has 2 unspecified atom stereocenters. The van der Waals surface area contributed by atoms with Gasteiger partial charge in [-0.15, -0.1) is 0 Å². The van der Waals surface area contributed by atoms with Crippen LogP contribution in [-0.2, 0) is 44.6 Å². The quantitative estimate of drug-likeness (QED) is 0.101. The van der Waals surface area contributed by atoms with Crippen LogP contribution in [0.1, 0.15) is 75.8 Å². The fraction of sp³-hybridized carbons (Fsp3) is 0.514. The van der Waals surface area contributed by atoms with Gasteiger partial charge in [-0.05, 0) is 54.4 Å². The van der Waals surface area contributed by atoms with Gasteiger partial charge < -0.3 is 31.4 Å². The van der Waals surface area contributed by atoms with E-state index in [-0.39, 0.29) is 61.2 Å². The summed E-state index contributed by atoms with van der Waals surface area (Å²) in [6, 6.07) is 7.38. The number of carbonyl (C=O) groups is 4. The highest BCUT2D eigenvalue weighted by molar-refractivity contribution is 5.98. The summed E-state index contributed by atoms with van der Waals surface area (Å²) in [5, 5.41) is 20.6. The summed E-state index contributed by atoms with van der Waals surface area (Å²) in [5.41, 5.74) is -1.66. The van der Waals surface area contributed by atoms with Crippen LogP contribution in [0.25, 0.3) is 10.9 Å². The van der Waals surface area contributed by atoms with Gasteiger partial charge in [-0.25, -0.2) is 4.39 Å². The molecule has 1 heterocycles. The van der Waals surface area contributed by atoms with Crippen molar-refractivity contribution in [1.29, 1.82) is 0 Å². The molecule has 4 amide bonds. The molecule has 1 aliphatic carbocycles. The predicted octanol–water partition coefficient (Wildman–Crippen LogP) is 4.47. The summed E-state index contributed by atoms with van der Waals surface area (Å²) < 4.78 is 56.3. The first-order valence-electron chi connectivity index (χ1n) is 17.4. The van der Waals surface area contributed by atoms with Gasteiger partial charge in [0.25, 0.3) is 0 Å². The number of aromatic amines is 1. The van der Waals surface area contributed by atoms with Gasteiger partial charge in [-0.1, -0.05) is 70.9 Å². The Kier molecular flexibility index (Phi) is 12.9. The molecule has 1 aromatic heterocycles. The minimum atomic E-state index is -4.65. The molecule has 0 bridgehead atoms. The van der Waals surface area contributed by atoms with E-state index in [1.54, 1.807) is 19.9 Å². The zero-order valence-electron chi connectivity index (χ0n) is 29.3. The highest BCUT2D eigenvalue weighted by Gasteiger charge is 2.47. The van der Waals surface area contributed by atoms with Gasteiger partial charge >= 0.3 is 6.18 Å². The van der Waals surface area contributed by atoms with Crippen molar-refractivity contribution in [3.63, 3.8) is 0 Å². The number of nitrogens with one attached hydrogen (secondary N) is 5. The minimum absolute atomic E-state index is 0.0263. The molecule has 0 saturated heterocycles. The third-order valence-corrected chi connectivity index (χ3v) is 9.95. The van der Waals surface area contributed by atoms with Crippen molar-refractivity contribution in [3.8, 4) is 0 Å². The molecule has 0 spiro atoms. The second kappa shape index (κ2) is 16.7. The zero-order chi connectivity index (χ0) is 37.5. The lowest BCUT2D eigenvalue weighted by molar-refractivity contribution is -0.139. The molecule has 5 atom stereocenters. The molecule has 1 aliphatic rings. The van der Waals surface area contributed by atoms with Crippen LogP contribution in [0, 0.1) is 17.7 Å². The molecule has 6 N–H and O–H groups in total. The van der Waals surface area contributed by atoms with E-state index in [9.17, 15) is 41.8 Å².